The van der Waals surface area contributed by atoms with Crippen LogP contribution in [-0.2, 0) is 4.79 Å². The largest absolute Gasteiger partial charge is 0.494 e. The Hall–Kier alpha value is -1.58. The van der Waals surface area contributed by atoms with E-state index in [2.05, 4.69) is 5.32 Å². The zero-order valence-corrected chi connectivity index (χ0v) is 11.6. The van der Waals surface area contributed by atoms with Crippen molar-refractivity contribution >= 4 is 5.91 Å². The van der Waals surface area contributed by atoms with Crippen LogP contribution in [0.5, 0.6) is 5.75 Å². The topological polar surface area (TPSA) is 38.3 Å². The minimum absolute atomic E-state index is 0.106. The van der Waals surface area contributed by atoms with E-state index < -0.39 is 0 Å². The first kappa shape index (κ1) is 15.5. The lowest BCUT2D eigenvalue weighted by atomic mass is 10.1. The van der Waals surface area contributed by atoms with Gasteiger partial charge < -0.3 is 10.1 Å². The quantitative estimate of drug-likeness (QED) is 0.735. The van der Waals surface area contributed by atoms with Crippen molar-refractivity contribution in [2.24, 2.45) is 5.92 Å². The van der Waals surface area contributed by atoms with Gasteiger partial charge in [-0.3, -0.25) is 4.79 Å². The van der Waals surface area contributed by atoms with Gasteiger partial charge >= 0.3 is 0 Å². The maximum absolute atomic E-state index is 12.6. The van der Waals surface area contributed by atoms with E-state index in [-0.39, 0.29) is 11.7 Å². The Kier molecular flexibility index (Phi) is 6.93. The van der Waals surface area contributed by atoms with Gasteiger partial charge in [0.15, 0.2) is 0 Å². The first-order valence-corrected chi connectivity index (χ1v) is 6.73. The van der Waals surface area contributed by atoms with Crippen molar-refractivity contribution < 1.29 is 13.9 Å². The molecule has 0 bridgehead atoms. The van der Waals surface area contributed by atoms with Crippen LogP contribution < -0.4 is 10.1 Å². The molecule has 1 amide bonds. The zero-order valence-electron chi connectivity index (χ0n) is 11.6. The van der Waals surface area contributed by atoms with E-state index >= 15 is 0 Å². The summed E-state index contributed by atoms with van der Waals surface area (Å²) in [5, 5.41) is 2.88. The van der Waals surface area contributed by atoms with E-state index in [9.17, 15) is 9.18 Å². The van der Waals surface area contributed by atoms with Crippen LogP contribution in [0.25, 0.3) is 0 Å². The number of carbonyl (C=O) groups is 1. The summed E-state index contributed by atoms with van der Waals surface area (Å²) < 4.78 is 18.1. The first-order valence-electron chi connectivity index (χ1n) is 6.73. The van der Waals surface area contributed by atoms with E-state index in [0.717, 1.165) is 12.8 Å². The summed E-state index contributed by atoms with van der Waals surface area (Å²) in [5.41, 5.74) is 0. The fraction of sp³-hybridized carbons (Fsp3) is 0.533. The van der Waals surface area contributed by atoms with Crippen molar-refractivity contribution in [1.29, 1.82) is 0 Å². The third kappa shape index (κ3) is 7.44. The molecule has 0 heterocycles. The standard InChI is InChI=1S/C15H22FNO2/c1-12(2)11-15(18)17-9-3-4-10-19-14-7-5-13(16)6-8-14/h5-8,12H,3-4,9-11H2,1-2H3,(H,17,18). The Bertz CT molecular complexity index is 376. The predicted molar refractivity (Wildman–Crippen MR) is 73.6 cm³/mol. The summed E-state index contributed by atoms with van der Waals surface area (Å²) in [6.45, 7) is 5.30. The van der Waals surface area contributed by atoms with Gasteiger partial charge in [0.05, 0.1) is 6.61 Å². The minimum Gasteiger partial charge on any atom is -0.494 e. The highest BCUT2D eigenvalue weighted by atomic mass is 19.1. The highest BCUT2D eigenvalue weighted by Gasteiger charge is 2.03. The molecule has 1 rings (SSSR count). The van der Waals surface area contributed by atoms with Gasteiger partial charge in [0, 0.05) is 13.0 Å². The number of unbranched alkanes of at least 4 members (excludes halogenated alkanes) is 1. The molecule has 0 aromatic heterocycles. The second-order valence-electron chi connectivity index (χ2n) is 4.96. The van der Waals surface area contributed by atoms with E-state index in [4.69, 9.17) is 4.74 Å². The number of nitrogens with one attached hydrogen (secondary N) is 1. The molecule has 0 radical (unpaired) electrons. The van der Waals surface area contributed by atoms with Crippen molar-refractivity contribution in [1.82, 2.24) is 5.32 Å². The van der Waals surface area contributed by atoms with E-state index in [1.807, 2.05) is 13.8 Å². The van der Waals surface area contributed by atoms with Gasteiger partial charge in [0.25, 0.3) is 0 Å². The van der Waals surface area contributed by atoms with Crippen LogP contribution in [0.2, 0.25) is 0 Å². The molecule has 0 fully saturated rings. The molecule has 0 atom stereocenters. The second-order valence-corrected chi connectivity index (χ2v) is 4.96. The fourth-order valence-electron chi connectivity index (χ4n) is 1.62. The molecule has 19 heavy (non-hydrogen) atoms. The van der Waals surface area contributed by atoms with Gasteiger partial charge in [-0.1, -0.05) is 13.8 Å². The fourth-order valence-corrected chi connectivity index (χ4v) is 1.62. The molecule has 0 unspecified atom stereocenters. The molecule has 3 nitrogen and oxygen atoms in total. The summed E-state index contributed by atoms with van der Waals surface area (Å²) in [5.74, 6) is 0.904. The Morgan fingerprint density at radius 1 is 1.26 bits per heavy atom. The Balaban J connectivity index is 2.02. The summed E-state index contributed by atoms with van der Waals surface area (Å²) in [6.07, 6.45) is 2.32. The normalized spacial score (nSPS) is 10.5. The van der Waals surface area contributed by atoms with Crippen LogP contribution in [0.1, 0.15) is 33.1 Å². The summed E-state index contributed by atoms with van der Waals surface area (Å²) in [7, 11) is 0. The number of hydrogen-bond acceptors (Lipinski definition) is 2. The van der Waals surface area contributed by atoms with Gasteiger partial charge in [0.2, 0.25) is 5.91 Å². The molecule has 0 saturated heterocycles. The van der Waals surface area contributed by atoms with Crippen molar-refractivity contribution in [3.63, 3.8) is 0 Å². The Morgan fingerprint density at radius 2 is 1.95 bits per heavy atom. The molecule has 0 aliphatic carbocycles. The summed E-state index contributed by atoms with van der Waals surface area (Å²) in [6, 6.07) is 5.97. The summed E-state index contributed by atoms with van der Waals surface area (Å²) in [4.78, 5) is 11.4. The molecule has 0 aliphatic heterocycles. The third-order valence-electron chi connectivity index (χ3n) is 2.57. The monoisotopic (exact) mass is 267 g/mol. The lowest BCUT2D eigenvalue weighted by molar-refractivity contribution is -0.121. The number of hydrogen-bond donors (Lipinski definition) is 1. The highest BCUT2D eigenvalue weighted by molar-refractivity contribution is 5.75. The third-order valence-corrected chi connectivity index (χ3v) is 2.57. The number of benzene rings is 1. The highest BCUT2D eigenvalue weighted by Crippen LogP contribution is 2.11. The molecule has 0 spiro atoms. The molecule has 0 aliphatic rings. The lowest BCUT2D eigenvalue weighted by Gasteiger charge is -2.08. The molecular weight excluding hydrogens is 245 g/mol. The van der Waals surface area contributed by atoms with Crippen molar-refractivity contribution in [3.05, 3.63) is 30.1 Å². The van der Waals surface area contributed by atoms with Gasteiger partial charge in [-0.25, -0.2) is 4.39 Å². The second kappa shape index (κ2) is 8.51. The number of amides is 1. The molecule has 1 N–H and O–H groups in total. The van der Waals surface area contributed by atoms with E-state index in [1.165, 1.54) is 12.1 Å². The maximum atomic E-state index is 12.6. The van der Waals surface area contributed by atoms with Crippen molar-refractivity contribution in [2.75, 3.05) is 13.2 Å². The minimum atomic E-state index is -0.264. The molecular formula is C15H22FNO2. The lowest BCUT2D eigenvalue weighted by Crippen LogP contribution is -2.25. The molecule has 4 heteroatoms. The van der Waals surface area contributed by atoms with Crippen LogP contribution in [0, 0.1) is 11.7 Å². The molecule has 1 aromatic carbocycles. The molecule has 106 valence electrons. The van der Waals surface area contributed by atoms with Crippen LogP contribution in [0.15, 0.2) is 24.3 Å². The van der Waals surface area contributed by atoms with Gasteiger partial charge in [-0.15, -0.1) is 0 Å². The Morgan fingerprint density at radius 3 is 2.58 bits per heavy atom. The average Bonchev–Trinajstić information content (AvgIpc) is 2.35. The van der Waals surface area contributed by atoms with Crippen LogP contribution in [0.3, 0.4) is 0 Å². The van der Waals surface area contributed by atoms with Crippen LogP contribution in [-0.4, -0.2) is 19.1 Å². The van der Waals surface area contributed by atoms with Gasteiger partial charge in [-0.05, 0) is 43.0 Å². The van der Waals surface area contributed by atoms with E-state index in [0.29, 0.717) is 31.2 Å². The van der Waals surface area contributed by atoms with Gasteiger partial charge in [0.1, 0.15) is 11.6 Å². The van der Waals surface area contributed by atoms with Gasteiger partial charge in [-0.2, -0.15) is 0 Å². The van der Waals surface area contributed by atoms with Crippen molar-refractivity contribution in [3.8, 4) is 5.75 Å². The maximum Gasteiger partial charge on any atom is 0.220 e. The first-order chi connectivity index (χ1) is 9.08. The zero-order chi connectivity index (χ0) is 14.1. The number of halogens is 1. The number of carbonyl (C=O) groups excluding carboxylic acids is 1. The SMILES string of the molecule is CC(C)CC(=O)NCCCCOc1ccc(F)cc1. The Labute approximate surface area is 114 Å². The van der Waals surface area contributed by atoms with Crippen LogP contribution >= 0.6 is 0 Å². The average molecular weight is 267 g/mol. The number of ether oxygens (including phenoxy) is 1. The molecule has 1 aromatic rings. The molecule has 0 saturated carbocycles. The van der Waals surface area contributed by atoms with Crippen molar-refractivity contribution in [2.45, 2.75) is 33.1 Å². The summed E-state index contributed by atoms with van der Waals surface area (Å²) >= 11 is 0. The number of rotatable bonds is 8. The smallest absolute Gasteiger partial charge is 0.220 e. The van der Waals surface area contributed by atoms with Crippen LogP contribution in [0.4, 0.5) is 4.39 Å². The van der Waals surface area contributed by atoms with E-state index in [1.54, 1.807) is 12.1 Å². The predicted octanol–water partition coefficient (Wildman–Crippen LogP) is 3.15.